The van der Waals surface area contributed by atoms with Crippen molar-refractivity contribution in [1.82, 2.24) is 4.98 Å². The molecule has 0 bridgehead atoms. The van der Waals surface area contributed by atoms with Gasteiger partial charge in [0.2, 0.25) is 0 Å². The first-order valence-corrected chi connectivity index (χ1v) is 5.63. The van der Waals surface area contributed by atoms with E-state index in [1.807, 2.05) is 6.07 Å². The third-order valence-electron chi connectivity index (χ3n) is 3.17. The Kier molecular flexibility index (Phi) is 2.81. The van der Waals surface area contributed by atoms with Gasteiger partial charge in [0.05, 0.1) is 0 Å². The Hall–Kier alpha value is -1.58. The zero-order valence-electron chi connectivity index (χ0n) is 9.49. The summed E-state index contributed by atoms with van der Waals surface area (Å²) in [7, 11) is 0. The third-order valence-corrected chi connectivity index (χ3v) is 3.17. The number of hydrogen-bond acceptors (Lipinski definition) is 3. The quantitative estimate of drug-likeness (QED) is 0.816. The molecular formula is C12H17N3O. The SMILES string of the molecule is CC1(Nc2ccnc(C(N)=O)c2)CCCC1. The van der Waals surface area contributed by atoms with Crippen LogP contribution < -0.4 is 11.1 Å². The van der Waals surface area contributed by atoms with Crippen LogP contribution in [0.2, 0.25) is 0 Å². The first-order chi connectivity index (χ1) is 7.59. The van der Waals surface area contributed by atoms with Gasteiger partial charge in [-0.2, -0.15) is 0 Å². The lowest BCUT2D eigenvalue weighted by Gasteiger charge is -2.26. The Morgan fingerprint density at radius 3 is 2.81 bits per heavy atom. The van der Waals surface area contributed by atoms with Gasteiger partial charge in [0, 0.05) is 17.4 Å². The Morgan fingerprint density at radius 1 is 1.50 bits per heavy atom. The van der Waals surface area contributed by atoms with Crippen LogP contribution in [0.15, 0.2) is 18.3 Å². The number of carbonyl (C=O) groups excluding carboxylic acids is 1. The van der Waals surface area contributed by atoms with Gasteiger partial charge < -0.3 is 11.1 Å². The first kappa shape index (κ1) is 10.9. The summed E-state index contributed by atoms with van der Waals surface area (Å²) in [6.45, 7) is 2.21. The summed E-state index contributed by atoms with van der Waals surface area (Å²) < 4.78 is 0. The molecule has 1 heterocycles. The fourth-order valence-corrected chi connectivity index (χ4v) is 2.27. The van der Waals surface area contributed by atoms with Crippen LogP contribution in [-0.2, 0) is 0 Å². The van der Waals surface area contributed by atoms with Gasteiger partial charge in [-0.1, -0.05) is 12.8 Å². The van der Waals surface area contributed by atoms with E-state index >= 15 is 0 Å². The van der Waals surface area contributed by atoms with E-state index in [4.69, 9.17) is 5.73 Å². The minimum absolute atomic E-state index is 0.149. The van der Waals surface area contributed by atoms with Gasteiger partial charge in [0.15, 0.2) is 0 Å². The fourth-order valence-electron chi connectivity index (χ4n) is 2.27. The molecule has 4 heteroatoms. The molecule has 1 saturated carbocycles. The van der Waals surface area contributed by atoms with E-state index < -0.39 is 5.91 Å². The van der Waals surface area contributed by atoms with Crippen molar-refractivity contribution in [3.63, 3.8) is 0 Å². The second-order valence-corrected chi connectivity index (χ2v) is 4.69. The van der Waals surface area contributed by atoms with Gasteiger partial charge in [-0.25, -0.2) is 0 Å². The standard InChI is InChI=1S/C12H17N3O/c1-12(5-2-3-6-12)15-9-4-7-14-10(8-9)11(13)16/h4,7-8H,2-3,5-6H2,1H3,(H2,13,16)(H,14,15). The molecule has 1 aromatic rings. The molecule has 4 nitrogen and oxygen atoms in total. The summed E-state index contributed by atoms with van der Waals surface area (Å²) >= 11 is 0. The van der Waals surface area contributed by atoms with Gasteiger partial charge in [-0.05, 0) is 31.9 Å². The van der Waals surface area contributed by atoms with Crippen molar-refractivity contribution in [1.29, 1.82) is 0 Å². The van der Waals surface area contributed by atoms with Crippen molar-refractivity contribution in [3.8, 4) is 0 Å². The van der Waals surface area contributed by atoms with Crippen LogP contribution in [0.4, 0.5) is 5.69 Å². The predicted molar refractivity (Wildman–Crippen MR) is 63.3 cm³/mol. The van der Waals surface area contributed by atoms with Crippen LogP contribution in [0.25, 0.3) is 0 Å². The average molecular weight is 219 g/mol. The van der Waals surface area contributed by atoms with Crippen molar-refractivity contribution >= 4 is 11.6 Å². The molecule has 0 aliphatic heterocycles. The predicted octanol–water partition coefficient (Wildman–Crippen LogP) is 1.93. The number of primary amides is 1. The largest absolute Gasteiger partial charge is 0.380 e. The minimum atomic E-state index is -0.486. The molecule has 1 amide bonds. The lowest BCUT2D eigenvalue weighted by Crippen LogP contribution is -2.31. The number of amides is 1. The molecule has 0 saturated heterocycles. The number of nitrogens with zero attached hydrogens (tertiary/aromatic N) is 1. The van der Waals surface area contributed by atoms with E-state index in [0.29, 0.717) is 5.69 Å². The number of carbonyl (C=O) groups is 1. The monoisotopic (exact) mass is 219 g/mol. The van der Waals surface area contributed by atoms with Gasteiger partial charge in [0.1, 0.15) is 5.69 Å². The number of nitrogens with two attached hydrogens (primary N) is 1. The zero-order valence-corrected chi connectivity index (χ0v) is 9.49. The summed E-state index contributed by atoms with van der Waals surface area (Å²) in [6, 6.07) is 3.59. The average Bonchev–Trinajstić information content (AvgIpc) is 2.65. The topological polar surface area (TPSA) is 68.0 Å². The van der Waals surface area contributed by atoms with Crippen LogP contribution in [0.5, 0.6) is 0 Å². The maximum Gasteiger partial charge on any atom is 0.267 e. The normalized spacial score (nSPS) is 18.3. The molecule has 0 radical (unpaired) electrons. The van der Waals surface area contributed by atoms with E-state index in [9.17, 15) is 4.79 Å². The Morgan fingerprint density at radius 2 is 2.19 bits per heavy atom. The second-order valence-electron chi connectivity index (χ2n) is 4.69. The van der Waals surface area contributed by atoms with Gasteiger partial charge in [-0.3, -0.25) is 9.78 Å². The third kappa shape index (κ3) is 2.32. The summed E-state index contributed by atoms with van der Waals surface area (Å²) in [5.41, 5.74) is 6.58. The highest BCUT2D eigenvalue weighted by Gasteiger charge is 2.28. The molecule has 0 aromatic carbocycles. The highest BCUT2D eigenvalue weighted by atomic mass is 16.1. The number of pyridine rings is 1. The maximum absolute atomic E-state index is 11.0. The molecular weight excluding hydrogens is 202 g/mol. The van der Waals surface area contributed by atoms with E-state index in [1.165, 1.54) is 25.7 Å². The number of hydrogen-bond donors (Lipinski definition) is 2. The summed E-state index contributed by atoms with van der Waals surface area (Å²) in [6.07, 6.45) is 6.47. The van der Waals surface area contributed by atoms with E-state index in [0.717, 1.165) is 5.69 Å². The number of nitrogens with one attached hydrogen (secondary N) is 1. The molecule has 3 N–H and O–H groups in total. The zero-order chi connectivity index (χ0) is 11.6. The Balaban J connectivity index is 2.15. The van der Waals surface area contributed by atoms with Gasteiger partial charge in [0.25, 0.3) is 5.91 Å². The van der Waals surface area contributed by atoms with Crippen molar-refractivity contribution in [2.24, 2.45) is 5.73 Å². The number of anilines is 1. The fraction of sp³-hybridized carbons (Fsp3) is 0.500. The lowest BCUT2D eigenvalue weighted by atomic mass is 10.0. The molecule has 0 atom stereocenters. The second kappa shape index (κ2) is 4.12. The number of aromatic nitrogens is 1. The molecule has 1 aromatic heterocycles. The number of rotatable bonds is 3. The lowest BCUT2D eigenvalue weighted by molar-refractivity contribution is 0.0995. The van der Waals surface area contributed by atoms with Crippen molar-refractivity contribution in [2.45, 2.75) is 38.1 Å². The van der Waals surface area contributed by atoms with Crippen LogP contribution in [0.3, 0.4) is 0 Å². The van der Waals surface area contributed by atoms with Crippen molar-refractivity contribution < 1.29 is 4.79 Å². The van der Waals surface area contributed by atoms with Crippen LogP contribution in [0, 0.1) is 0 Å². The minimum Gasteiger partial charge on any atom is -0.380 e. The van der Waals surface area contributed by atoms with Crippen LogP contribution >= 0.6 is 0 Å². The molecule has 0 unspecified atom stereocenters. The first-order valence-electron chi connectivity index (χ1n) is 5.63. The summed E-state index contributed by atoms with van der Waals surface area (Å²) in [5, 5.41) is 3.46. The van der Waals surface area contributed by atoms with E-state index in [-0.39, 0.29) is 5.54 Å². The molecule has 0 spiro atoms. The maximum atomic E-state index is 11.0. The van der Waals surface area contributed by atoms with Crippen molar-refractivity contribution in [2.75, 3.05) is 5.32 Å². The smallest absolute Gasteiger partial charge is 0.267 e. The molecule has 16 heavy (non-hydrogen) atoms. The van der Waals surface area contributed by atoms with Crippen molar-refractivity contribution in [3.05, 3.63) is 24.0 Å². The van der Waals surface area contributed by atoms with Crippen LogP contribution in [-0.4, -0.2) is 16.4 Å². The Labute approximate surface area is 95.3 Å². The van der Waals surface area contributed by atoms with Gasteiger partial charge >= 0.3 is 0 Å². The molecule has 2 rings (SSSR count). The van der Waals surface area contributed by atoms with Gasteiger partial charge in [-0.15, -0.1) is 0 Å². The molecule has 1 aliphatic rings. The summed E-state index contributed by atoms with van der Waals surface area (Å²) in [5.74, 6) is -0.486. The Bertz CT molecular complexity index is 397. The van der Waals surface area contributed by atoms with Crippen LogP contribution in [0.1, 0.15) is 43.1 Å². The molecule has 1 fully saturated rings. The highest BCUT2D eigenvalue weighted by molar-refractivity contribution is 5.91. The van der Waals surface area contributed by atoms with E-state index in [1.54, 1.807) is 12.3 Å². The summed E-state index contributed by atoms with van der Waals surface area (Å²) in [4.78, 5) is 14.9. The molecule has 1 aliphatic carbocycles. The van der Waals surface area contributed by atoms with E-state index in [2.05, 4.69) is 17.2 Å². The molecule has 86 valence electrons. The highest BCUT2D eigenvalue weighted by Crippen LogP contribution is 2.32.